The topological polar surface area (TPSA) is 53.6 Å². The van der Waals surface area contributed by atoms with E-state index in [-0.39, 0.29) is 0 Å². The van der Waals surface area contributed by atoms with Gasteiger partial charge in [-0.05, 0) is 19.9 Å². The molecule has 13 heavy (non-hydrogen) atoms. The fraction of sp³-hybridized carbons (Fsp3) is 0.333. The fourth-order valence-electron chi connectivity index (χ4n) is 1.26. The normalized spacial score (nSPS) is 11.0. The van der Waals surface area contributed by atoms with Gasteiger partial charge in [-0.15, -0.1) is 0 Å². The van der Waals surface area contributed by atoms with Crippen LogP contribution in [0.15, 0.2) is 18.6 Å². The molecule has 0 fully saturated rings. The predicted octanol–water partition coefficient (Wildman–Crippen LogP) is 1.78. The Bertz CT molecular complexity index is 405. The third-order valence-corrected chi connectivity index (χ3v) is 1.78. The van der Waals surface area contributed by atoms with E-state index in [2.05, 4.69) is 34.1 Å². The van der Waals surface area contributed by atoms with E-state index in [9.17, 15) is 0 Å². The minimum absolute atomic E-state index is 0.382. The number of nitrogens with one attached hydrogen (secondary N) is 2. The highest BCUT2D eigenvalue weighted by Crippen LogP contribution is 2.17. The van der Waals surface area contributed by atoms with E-state index in [0.29, 0.717) is 6.04 Å². The van der Waals surface area contributed by atoms with Crippen molar-refractivity contribution in [1.29, 1.82) is 0 Å². The number of fused-ring (bicyclic) bond motifs is 1. The third-order valence-electron chi connectivity index (χ3n) is 1.78. The summed E-state index contributed by atoms with van der Waals surface area (Å²) < 4.78 is 0. The second-order valence-electron chi connectivity index (χ2n) is 3.26. The molecular weight excluding hydrogens is 164 g/mol. The van der Waals surface area contributed by atoms with Crippen molar-refractivity contribution < 1.29 is 0 Å². The van der Waals surface area contributed by atoms with Crippen LogP contribution in [-0.4, -0.2) is 21.0 Å². The molecule has 0 bridgehead atoms. The molecule has 0 atom stereocenters. The molecule has 0 spiro atoms. The molecule has 2 rings (SSSR count). The average molecular weight is 176 g/mol. The van der Waals surface area contributed by atoms with Crippen LogP contribution in [0.2, 0.25) is 0 Å². The van der Waals surface area contributed by atoms with Crippen molar-refractivity contribution in [2.24, 2.45) is 0 Å². The predicted molar refractivity (Wildman–Crippen MR) is 52.6 cm³/mol. The van der Waals surface area contributed by atoms with Gasteiger partial charge in [0, 0.05) is 12.2 Å². The molecule has 4 nitrogen and oxygen atoms in total. The van der Waals surface area contributed by atoms with Gasteiger partial charge in [-0.1, -0.05) is 0 Å². The van der Waals surface area contributed by atoms with Crippen LogP contribution in [0.3, 0.4) is 0 Å². The first-order chi connectivity index (χ1) is 6.27. The highest BCUT2D eigenvalue weighted by molar-refractivity contribution is 5.86. The summed E-state index contributed by atoms with van der Waals surface area (Å²) in [5.74, 6) is 0.890. The van der Waals surface area contributed by atoms with Crippen LogP contribution < -0.4 is 5.32 Å². The van der Waals surface area contributed by atoms with Crippen LogP contribution in [0.1, 0.15) is 13.8 Å². The molecule has 0 unspecified atom stereocenters. The summed E-state index contributed by atoms with van der Waals surface area (Å²) in [5.41, 5.74) is 0.873. The zero-order valence-electron chi connectivity index (χ0n) is 7.70. The van der Waals surface area contributed by atoms with Crippen LogP contribution >= 0.6 is 0 Å². The number of hydrogen-bond acceptors (Lipinski definition) is 3. The number of nitrogens with zero attached hydrogens (tertiary/aromatic N) is 2. The minimum atomic E-state index is 0.382. The maximum Gasteiger partial charge on any atom is 0.142 e. The molecule has 2 aromatic heterocycles. The largest absolute Gasteiger partial charge is 0.367 e. The van der Waals surface area contributed by atoms with Gasteiger partial charge in [-0.25, -0.2) is 9.97 Å². The Morgan fingerprint density at radius 3 is 3.00 bits per heavy atom. The second-order valence-corrected chi connectivity index (χ2v) is 3.26. The second kappa shape index (κ2) is 3.05. The monoisotopic (exact) mass is 176 g/mol. The lowest BCUT2D eigenvalue weighted by molar-refractivity contribution is 0.890. The molecule has 0 aliphatic heterocycles. The lowest BCUT2D eigenvalue weighted by Gasteiger charge is -2.08. The van der Waals surface area contributed by atoms with Crippen molar-refractivity contribution in [2.75, 3.05) is 5.32 Å². The number of hydrogen-bond donors (Lipinski definition) is 2. The van der Waals surface area contributed by atoms with Gasteiger partial charge in [0.2, 0.25) is 0 Å². The Labute approximate surface area is 76.4 Å². The van der Waals surface area contributed by atoms with E-state index in [0.717, 1.165) is 16.9 Å². The SMILES string of the molecule is CC(C)Nc1ncnc2[nH]ccc12. The quantitative estimate of drug-likeness (QED) is 0.733. The Balaban J connectivity index is 2.48. The van der Waals surface area contributed by atoms with Crippen LogP contribution in [0.25, 0.3) is 11.0 Å². The van der Waals surface area contributed by atoms with Crippen LogP contribution in [0.4, 0.5) is 5.82 Å². The zero-order chi connectivity index (χ0) is 9.26. The van der Waals surface area contributed by atoms with Crippen molar-refractivity contribution in [3.05, 3.63) is 18.6 Å². The molecule has 0 amide bonds. The van der Waals surface area contributed by atoms with E-state index in [4.69, 9.17) is 0 Å². The molecule has 2 N–H and O–H groups in total. The lowest BCUT2D eigenvalue weighted by Crippen LogP contribution is -2.11. The number of rotatable bonds is 2. The third kappa shape index (κ3) is 1.47. The van der Waals surface area contributed by atoms with Gasteiger partial charge in [0.25, 0.3) is 0 Å². The highest BCUT2D eigenvalue weighted by atomic mass is 15.0. The van der Waals surface area contributed by atoms with Gasteiger partial charge in [-0.3, -0.25) is 0 Å². The van der Waals surface area contributed by atoms with Crippen LogP contribution in [0, 0.1) is 0 Å². The number of aromatic nitrogens is 3. The molecule has 0 radical (unpaired) electrons. The van der Waals surface area contributed by atoms with Gasteiger partial charge in [0.05, 0.1) is 5.39 Å². The maximum atomic E-state index is 4.18. The first kappa shape index (κ1) is 8.04. The van der Waals surface area contributed by atoms with Crippen molar-refractivity contribution in [3.8, 4) is 0 Å². The molecule has 0 saturated heterocycles. The summed E-state index contributed by atoms with van der Waals surface area (Å²) in [5, 5.41) is 4.30. The maximum absolute atomic E-state index is 4.18. The first-order valence-electron chi connectivity index (χ1n) is 4.32. The Morgan fingerprint density at radius 2 is 2.23 bits per heavy atom. The minimum Gasteiger partial charge on any atom is -0.367 e. The van der Waals surface area contributed by atoms with Gasteiger partial charge >= 0.3 is 0 Å². The summed E-state index contributed by atoms with van der Waals surface area (Å²) in [4.78, 5) is 11.3. The van der Waals surface area contributed by atoms with E-state index in [1.807, 2.05) is 12.3 Å². The molecule has 0 aliphatic carbocycles. The van der Waals surface area contributed by atoms with Crippen LogP contribution in [-0.2, 0) is 0 Å². The first-order valence-corrected chi connectivity index (χ1v) is 4.32. The van der Waals surface area contributed by atoms with E-state index >= 15 is 0 Å². The molecule has 0 aromatic carbocycles. The van der Waals surface area contributed by atoms with Gasteiger partial charge in [0.1, 0.15) is 17.8 Å². The summed E-state index contributed by atoms with van der Waals surface area (Å²) >= 11 is 0. The average Bonchev–Trinajstić information content (AvgIpc) is 2.51. The Kier molecular flexibility index (Phi) is 1.88. The van der Waals surface area contributed by atoms with Gasteiger partial charge in [0.15, 0.2) is 0 Å². The number of aromatic amines is 1. The Hall–Kier alpha value is -1.58. The Morgan fingerprint density at radius 1 is 1.38 bits per heavy atom. The smallest absolute Gasteiger partial charge is 0.142 e. The molecule has 0 saturated carbocycles. The zero-order valence-corrected chi connectivity index (χ0v) is 7.70. The molecule has 2 aromatic rings. The van der Waals surface area contributed by atoms with Crippen molar-refractivity contribution in [2.45, 2.75) is 19.9 Å². The summed E-state index contributed by atoms with van der Waals surface area (Å²) in [6.45, 7) is 4.17. The molecule has 68 valence electrons. The lowest BCUT2D eigenvalue weighted by atomic mass is 10.3. The summed E-state index contributed by atoms with van der Waals surface area (Å²) in [7, 11) is 0. The van der Waals surface area contributed by atoms with E-state index in [1.165, 1.54) is 0 Å². The standard InChI is InChI=1S/C9H12N4/c1-6(2)13-9-7-3-4-10-8(7)11-5-12-9/h3-6H,1-2H3,(H2,10,11,12,13). The van der Waals surface area contributed by atoms with E-state index in [1.54, 1.807) is 6.33 Å². The number of anilines is 1. The van der Waals surface area contributed by atoms with Crippen molar-refractivity contribution in [1.82, 2.24) is 15.0 Å². The summed E-state index contributed by atoms with van der Waals surface area (Å²) in [6.07, 6.45) is 3.42. The van der Waals surface area contributed by atoms with Crippen molar-refractivity contribution >= 4 is 16.9 Å². The van der Waals surface area contributed by atoms with Crippen molar-refractivity contribution in [3.63, 3.8) is 0 Å². The molecule has 0 aliphatic rings. The van der Waals surface area contributed by atoms with Gasteiger partial charge in [-0.2, -0.15) is 0 Å². The highest BCUT2D eigenvalue weighted by Gasteiger charge is 2.03. The number of H-pyrrole nitrogens is 1. The molecular formula is C9H12N4. The van der Waals surface area contributed by atoms with Gasteiger partial charge < -0.3 is 10.3 Å². The summed E-state index contributed by atoms with van der Waals surface area (Å²) in [6, 6.07) is 2.35. The molecule has 2 heterocycles. The van der Waals surface area contributed by atoms with E-state index < -0.39 is 0 Å². The molecule has 4 heteroatoms. The fourth-order valence-corrected chi connectivity index (χ4v) is 1.26. The van der Waals surface area contributed by atoms with Crippen LogP contribution in [0.5, 0.6) is 0 Å².